The van der Waals surface area contributed by atoms with Crippen molar-refractivity contribution in [2.45, 2.75) is 18.8 Å². The Morgan fingerprint density at radius 3 is 2.36 bits per heavy atom. The van der Waals surface area contributed by atoms with Crippen molar-refractivity contribution < 1.29 is 29.4 Å². The highest BCUT2D eigenvalue weighted by Crippen LogP contribution is 2.34. The van der Waals surface area contributed by atoms with Gasteiger partial charge in [-0.05, 0) is 17.2 Å². The van der Waals surface area contributed by atoms with Gasteiger partial charge in [-0.25, -0.2) is 4.79 Å². The molecule has 1 heterocycles. The van der Waals surface area contributed by atoms with Gasteiger partial charge in [-0.3, -0.25) is 10.1 Å². The van der Waals surface area contributed by atoms with Crippen molar-refractivity contribution in [3.8, 4) is 11.5 Å². The molecule has 33 heavy (non-hydrogen) atoms. The summed E-state index contributed by atoms with van der Waals surface area (Å²) in [4.78, 5) is 20.6. The Kier molecular flexibility index (Phi) is 8.34. The summed E-state index contributed by atoms with van der Waals surface area (Å²) in [7, 11) is 0. The van der Waals surface area contributed by atoms with E-state index in [9.17, 15) is 14.9 Å². The van der Waals surface area contributed by atoms with Crippen molar-refractivity contribution in [2.75, 3.05) is 13.2 Å². The summed E-state index contributed by atoms with van der Waals surface area (Å²) >= 11 is 0. The minimum atomic E-state index is -1.41. The van der Waals surface area contributed by atoms with Crippen molar-refractivity contribution >= 4 is 11.7 Å². The van der Waals surface area contributed by atoms with E-state index in [1.54, 1.807) is 36.4 Å². The molecule has 0 spiro atoms. The number of nitro groups is 1. The molecule has 1 aliphatic rings. The van der Waals surface area contributed by atoms with Crippen molar-refractivity contribution in [2.24, 2.45) is 0 Å². The van der Waals surface area contributed by atoms with Crippen LogP contribution in [0, 0.1) is 10.1 Å². The molecule has 3 N–H and O–H groups in total. The van der Waals surface area contributed by atoms with E-state index in [1.807, 2.05) is 30.3 Å². The molecule has 0 aromatic heterocycles. The Bertz CT molecular complexity index is 1060. The van der Waals surface area contributed by atoms with Gasteiger partial charge in [0.1, 0.15) is 12.7 Å². The number of non-ortho nitro benzene ring substituents is 1. The lowest BCUT2D eigenvalue weighted by Gasteiger charge is -2.26. The largest absolute Gasteiger partial charge is 0.486 e. The van der Waals surface area contributed by atoms with Crippen molar-refractivity contribution in [3.63, 3.8) is 0 Å². The Morgan fingerprint density at radius 1 is 1.06 bits per heavy atom. The number of benzene rings is 3. The van der Waals surface area contributed by atoms with Crippen LogP contribution < -0.4 is 14.8 Å². The predicted octanol–water partition coefficient (Wildman–Crippen LogP) is 3.33. The van der Waals surface area contributed by atoms with E-state index in [-0.39, 0.29) is 11.8 Å². The van der Waals surface area contributed by atoms with Gasteiger partial charge in [-0.1, -0.05) is 60.7 Å². The number of aliphatic hydroxyl groups is 1. The first kappa shape index (κ1) is 23.7. The van der Waals surface area contributed by atoms with Gasteiger partial charge < -0.3 is 25.0 Å². The third-order valence-corrected chi connectivity index (χ3v) is 4.75. The fourth-order valence-electron chi connectivity index (χ4n) is 3.07. The normalized spacial score (nSPS) is 15.0. The van der Waals surface area contributed by atoms with Crippen LogP contribution >= 0.6 is 0 Å². The first-order valence-electron chi connectivity index (χ1n) is 10.2. The maximum Gasteiger partial charge on any atom is 0.337 e. The molecule has 0 saturated heterocycles. The zero-order valence-corrected chi connectivity index (χ0v) is 17.7. The fourth-order valence-corrected chi connectivity index (χ4v) is 3.07. The minimum absolute atomic E-state index is 0.000227. The molecule has 0 amide bonds. The number of ether oxygens (including phenoxy) is 2. The Morgan fingerprint density at radius 2 is 1.73 bits per heavy atom. The zero-order chi connectivity index (χ0) is 23.6. The number of aliphatic hydroxyl groups excluding tert-OH is 1. The number of aliphatic carboxylic acids is 1. The number of carboxylic acid groups (broad SMARTS) is 1. The summed E-state index contributed by atoms with van der Waals surface area (Å²) in [6, 6.07) is 22.7. The second kappa shape index (κ2) is 11.6. The van der Waals surface area contributed by atoms with Crippen LogP contribution in [0.5, 0.6) is 11.5 Å². The van der Waals surface area contributed by atoms with Gasteiger partial charge in [0, 0.05) is 19.2 Å². The molecule has 3 aromatic carbocycles. The third kappa shape index (κ3) is 7.03. The van der Waals surface area contributed by atoms with Crippen LogP contribution in [-0.2, 0) is 11.3 Å². The first-order chi connectivity index (χ1) is 15.9. The van der Waals surface area contributed by atoms with Gasteiger partial charge in [0.25, 0.3) is 5.69 Å². The van der Waals surface area contributed by atoms with Gasteiger partial charge in [-0.15, -0.1) is 0 Å². The van der Waals surface area contributed by atoms with Gasteiger partial charge >= 0.3 is 5.97 Å². The summed E-state index contributed by atoms with van der Waals surface area (Å²) in [6.45, 7) is 1.77. The number of carbonyl (C=O) groups is 1. The van der Waals surface area contributed by atoms with E-state index in [0.29, 0.717) is 30.2 Å². The molecule has 1 aliphatic heterocycles. The summed E-state index contributed by atoms with van der Waals surface area (Å²) in [5, 5.41) is 31.5. The second-order valence-corrected chi connectivity index (χ2v) is 7.21. The minimum Gasteiger partial charge on any atom is -0.486 e. The summed E-state index contributed by atoms with van der Waals surface area (Å²) in [5.74, 6) is -0.256. The summed E-state index contributed by atoms with van der Waals surface area (Å²) < 4.78 is 11.4. The highest BCUT2D eigenvalue weighted by molar-refractivity contribution is 5.73. The van der Waals surface area contributed by atoms with Crippen molar-refractivity contribution in [1.82, 2.24) is 5.32 Å². The Hall–Kier alpha value is -3.95. The number of rotatable bonds is 7. The molecule has 0 fully saturated rings. The van der Waals surface area contributed by atoms with E-state index in [2.05, 4.69) is 5.32 Å². The Labute approximate surface area is 190 Å². The van der Waals surface area contributed by atoms with Crippen LogP contribution in [0.3, 0.4) is 0 Å². The van der Waals surface area contributed by atoms with E-state index >= 15 is 0 Å². The lowest BCUT2D eigenvalue weighted by Crippen LogP contribution is -2.38. The Balaban J connectivity index is 0.000000235. The maximum atomic E-state index is 10.8. The number of nitrogens with one attached hydrogen (secondary N) is 1. The average molecular weight is 452 g/mol. The molecule has 2 atom stereocenters. The molecule has 0 bridgehead atoms. The summed E-state index contributed by atoms with van der Waals surface area (Å²) in [5.41, 5.74) is 1.59. The van der Waals surface area contributed by atoms with Crippen LogP contribution in [-0.4, -0.2) is 40.4 Å². The molecule has 9 nitrogen and oxygen atoms in total. The smallest absolute Gasteiger partial charge is 0.337 e. The van der Waals surface area contributed by atoms with E-state index in [1.165, 1.54) is 17.7 Å². The third-order valence-electron chi connectivity index (χ3n) is 4.75. The van der Waals surface area contributed by atoms with Gasteiger partial charge in [0.2, 0.25) is 0 Å². The zero-order valence-electron chi connectivity index (χ0n) is 17.7. The molecule has 172 valence electrons. The number of hydrogen-bond acceptors (Lipinski definition) is 7. The number of nitro benzene ring substituents is 1. The topological polar surface area (TPSA) is 131 Å². The van der Waals surface area contributed by atoms with Crippen LogP contribution in [0.4, 0.5) is 5.69 Å². The number of fused-ring (bicyclic) bond motifs is 1. The molecular weight excluding hydrogens is 428 g/mol. The van der Waals surface area contributed by atoms with E-state index < -0.39 is 17.0 Å². The lowest BCUT2D eigenvalue weighted by atomic mass is 10.1. The number of carboxylic acids is 1. The molecular formula is C24H24N2O7. The monoisotopic (exact) mass is 452 g/mol. The van der Waals surface area contributed by atoms with Crippen molar-refractivity contribution in [3.05, 3.63) is 100 Å². The molecule has 9 heteroatoms. The van der Waals surface area contributed by atoms with Crippen molar-refractivity contribution in [1.29, 1.82) is 0 Å². The predicted molar refractivity (Wildman–Crippen MR) is 120 cm³/mol. The average Bonchev–Trinajstić information content (AvgIpc) is 2.84. The van der Waals surface area contributed by atoms with Gasteiger partial charge in [-0.2, -0.15) is 0 Å². The SMILES string of the molecule is O=C(O)[C@@H](O)c1ccccc1.O=[N+]([O-])c1ccc2c(c1)O[C@@H](CNCc1ccccc1)CO2. The highest BCUT2D eigenvalue weighted by atomic mass is 16.6. The highest BCUT2D eigenvalue weighted by Gasteiger charge is 2.23. The van der Waals surface area contributed by atoms with E-state index in [4.69, 9.17) is 19.7 Å². The molecule has 4 rings (SSSR count). The maximum absolute atomic E-state index is 10.8. The molecule has 0 unspecified atom stereocenters. The van der Waals surface area contributed by atoms with Crippen LogP contribution in [0.25, 0.3) is 0 Å². The van der Waals surface area contributed by atoms with Crippen LogP contribution in [0.15, 0.2) is 78.9 Å². The molecule has 0 saturated carbocycles. The van der Waals surface area contributed by atoms with Gasteiger partial charge in [0.15, 0.2) is 17.6 Å². The number of hydrogen-bond donors (Lipinski definition) is 3. The van der Waals surface area contributed by atoms with Crippen LogP contribution in [0.2, 0.25) is 0 Å². The lowest BCUT2D eigenvalue weighted by molar-refractivity contribution is -0.385. The quantitative estimate of drug-likeness (QED) is 0.367. The molecule has 0 aliphatic carbocycles. The first-order valence-corrected chi connectivity index (χ1v) is 10.2. The summed E-state index contributed by atoms with van der Waals surface area (Å²) in [6.07, 6.45) is -1.57. The van der Waals surface area contributed by atoms with Crippen LogP contribution in [0.1, 0.15) is 17.2 Å². The second-order valence-electron chi connectivity index (χ2n) is 7.21. The number of nitrogens with zero attached hydrogens (tertiary/aromatic N) is 1. The molecule has 3 aromatic rings. The fraction of sp³-hybridized carbons (Fsp3) is 0.208. The molecule has 0 radical (unpaired) electrons. The van der Waals surface area contributed by atoms with E-state index in [0.717, 1.165) is 6.54 Å². The van der Waals surface area contributed by atoms with Gasteiger partial charge in [0.05, 0.1) is 11.0 Å². The standard InChI is InChI=1S/C16H16N2O4.C8H8O3/c19-18(20)13-6-7-15-16(8-13)22-14(11-21-15)10-17-9-12-4-2-1-3-5-12;9-7(8(10)11)6-4-2-1-3-5-6/h1-8,14,17H,9-11H2;1-5,7,9H,(H,10,11)/t14-;7-/m00/s1.